The van der Waals surface area contributed by atoms with Crippen LogP contribution in [-0.2, 0) is 4.79 Å². The van der Waals surface area contributed by atoms with E-state index < -0.39 is 0 Å². The van der Waals surface area contributed by atoms with E-state index in [9.17, 15) is 9.59 Å². The molecule has 7 nitrogen and oxygen atoms in total. The molecule has 2 aliphatic rings. The highest BCUT2D eigenvalue weighted by Crippen LogP contribution is 2.32. The van der Waals surface area contributed by atoms with Crippen LogP contribution in [0.3, 0.4) is 0 Å². The molecule has 0 aliphatic carbocycles. The Morgan fingerprint density at radius 2 is 1.81 bits per heavy atom. The van der Waals surface area contributed by atoms with E-state index in [0.29, 0.717) is 43.2 Å². The number of hydrazine groups is 1. The van der Waals surface area contributed by atoms with Gasteiger partial charge < -0.3 is 14.4 Å². The molecule has 1 fully saturated rings. The molecule has 2 heterocycles. The highest BCUT2D eigenvalue weighted by molar-refractivity contribution is 5.94. The van der Waals surface area contributed by atoms with Crippen LogP contribution in [-0.4, -0.2) is 54.7 Å². The fraction of sp³-hybridized carbons (Fsp3) is 0.429. The first-order valence-corrected chi connectivity index (χ1v) is 6.84. The number of piperazine rings is 1. The SMILES string of the molecule is CC(=O)N1CCN(NC(=O)c2ccc3c(c2)OCO3)CC1. The van der Waals surface area contributed by atoms with Gasteiger partial charge in [-0.05, 0) is 18.2 Å². The van der Waals surface area contributed by atoms with Crippen LogP contribution in [0.2, 0.25) is 0 Å². The Morgan fingerprint density at radius 3 is 2.52 bits per heavy atom. The summed E-state index contributed by atoms with van der Waals surface area (Å²) in [6, 6.07) is 5.10. The van der Waals surface area contributed by atoms with Gasteiger partial charge in [0.05, 0.1) is 0 Å². The van der Waals surface area contributed by atoms with E-state index in [1.54, 1.807) is 30.0 Å². The monoisotopic (exact) mass is 291 g/mol. The molecule has 21 heavy (non-hydrogen) atoms. The van der Waals surface area contributed by atoms with Gasteiger partial charge in [0.25, 0.3) is 5.91 Å². The second-order valence-corrected chi connectivity index (χ2v) is 5.00. The number of ether oxygens (including phenoxy) is 2. The van der Waals surface area contributed by atoms with Crippen LogP contribution >= 0.6 is 0 Å². The number of rotatable bonds is 2. The maximum absolute atomic E-state index is 12.2. The van der Waals surface area contributed by atoms with Gasteiger partial charge in [-0.1, -0.05) is 0 Å². The molecule has 7 heteroatoms. The lowest BCUT2D eigenvalue weighted by Gasteiger charge is -2.34. The molecule has 1 saturated heterocycles. The van der Waals surface area contributed by atoms with Gasteiger partial charge >= 0.3 is 0 Å². The van der Waals surface area contributed by atoms with Gasteiger partial charge in [-0.3, -0.25) is 15.0 Å². The standard InChI is InChI=1S/C14H17N3O4/c1-10(18)16-4-6-17(7-5-16)15-14(19)11-2-3-12-13(8-11)21-9-20-12/h2-3,8H,4-7,9H2,1H3,(H,15,19). The highest BCUT2D eigenvalue weighted by atomic mass is 16.7. The van der Waals surface area contributed by atoms with Gasteiger partial charge in [-0.15, -0.1) is 0 Å². The van der Waals surface area contributed by atoms with E-state index in [-0.39, 0.29) is 18.6 Å². The van der Waals surface area contributed by atoms with Gasteiger partial charge in [0, 0.05) is 38.7 Å². The smallest absolute Gasteiger partial charge is 0.265 e. The summed E-state index contributed by atoms with van der Waals surface area (Å²) in [7, 11) is 0. The van der Waals surface area contributed by atoms with E-state index in [2.05, 4.69) is 5.43 Å². The average Bonchev–Trinajstić information content (AvgIpc) is 2.95. The first-order chi connectivity index (χ1) is 10.1. The van der Waals surface area contributed by atoms with Gasteiger partial charge in [0.15, 0.2) is 11.5 Å². The normalized spacial score (nSPS) is 17.7. The molecule has 2 amide bonds. The largest absolute Gasteiger partial charge is 0.454 e. The third-order valence-electron chi connectivity index (χ3n) is 3.62. The molecule has 0 bridgehead atoms. The maximum atomic E-state index is 12.2. The summed E-state index contributed by atoms with van der Waals surface area (Å²) >= 11 is 0. The van der Waals surface area contributed by atoms with Gasteiger partial charge in [-0.25, -0.2) is 5.01 Å². The topological polar surface area (TPSA) is 71.1 Å². The Bertz CT molecular complexity index is 567. The van der Waals surface area contributed by atoms with Crippen molar-refractivity contribution in [2.75, 3.05) is 33.0 Å². The first-order valence-electron chi connectivity index (χ1n) is 6.84. The molecule has 0 spiro atoms. The predicted molar refractivity (Wildman–Crippen MR) is 73.9 cm³/mol. The average molecular weight is 291 g/mol. The van der Waals surface area contributed by atoms with E-state index >= 15 is 0 Å². The summed E-state index contributed by atoms with van der Waals surface area (Å²) in [6.07, 6.45) is 0. The van der Waals surface area contributed by atoms with Crippen LogP contribution in [0.4, 0.5) is 0 Å². The highest BCUT2D eigenvalue weighted by Gasteiger charge is 2.21. The van der Waals surface area contributed by atoms with E-state index in [4.69, 9.17) is 9.47 Å². The van der Waals surface area contributed by atoms with Crippen molar-refractivity contribution in [2.24, 2.45) is 0 Å². The van der Waals surface area contributed by atoms with Crippen molar-refractivity contribution < 1.29 is 19.1 Å². The quantitative estimate of drug-likeness (QED) is 0.844. The molecule has 3 rings (SSSR count). The minimum atomic E-state index is -0.190. The molecule has 0 aromatic heterocycles. The van der Waals surface area contributed by atoms with Crippen LogP contribution in [0.25, 0.3) is 0 Å². The van der Waals surface area contributed by atoms with Crippen LogP contribution in [0.15, 0.2) is 18.2 Å². The van der Waals surface area contributed by atoms with Gasteiger partial charge in [0.1, 0.15) is 0 Å². The Morgan fingerprint density at radius 1 is 1.10 bits per heavy atom. The van der Waals surface area contributed by atoms with Crippen molar-refractivity contribution in [3.63, 3.8) is 0 Å². The minimum absolute atomic E-state index is 0.0664. The fourth-order valence-electron chi connectivity index (χ4n) is 2.38. The lowest BCUT2D eigenvalue weighted by atomic mass is 10.2. The van der Waals surface area contributed by atoms with E-state index in [1.165, 1.54) is 0 Å². The summed E-state index contributed by atoms with van der Waals surface area (Å²) in [6.45, 7) is 4.23. The van der Waals surface area contributed by atoms with Crippen LogP contribution in [0.1, 0.15) is 17.3 Å². The Kier molecular flexibility index (Phi) is 3.66. The number of carbonyl (C=O) groups excluding carboxylic acids is 2. The number of fused-ring (bicyclic) bond motifs is 1. The molecule has 1 aromatic carbocycles. The van der Waals surface area contributed by atoms with Crippen molar-refractivity contribution >= 4 is 11.8 Å². The van der Waals surface area contributed by atoms with Gasteiger partial charge in [0.2, 0.25) is 12.7 Å². The summed E-state index contributed by atoms with van der Waals surface area (Å²) in [5, 5.41) is 1.83. The molecule has 2 aliphatic heterocycles. The third kappa shape index (κ3) is 2.92. The van der Waals surface area contributed by atoms with Crippen molar-refractivity contribution in [3.05, 3.63) is 23.8 Å². The molecular formula is C14H17N3O4. The van der Waals surface area contributed by atoms with Crippen molar-refractivity contribution in [3.8, 4) is 11.5 Å². The number of amides is 2. The summed E-state index contributed by atoms with van der Waals surface area (Å²) in [4.78, 5) is 25.2. The Hall–Kier alpha value is -2.28. The lowest BCUT2D eigenvalue weighted by molar-refractivity contribution is -0.130. The molecule has 0 saturated carbocycles. The predicted octanol–water partition coefficient (Wildman–Crippen LogP) is 0.224. The third-order valence-corrected chi connectivity index (χ3v) is 3.62. The molecular weight excluding hydrogens is 274 g/mol. The van der Waals surface area contributed by atoms with Crippen molar-refractivity contribution in [2.45, 2.75) is 6.92 Å². The minimum Gasteiger partial charge on any atom is -0.454 e. The van der Waals surface area contributed by atoms with Crippen molar-refractivity contribution in [1.82, 2.24) is 15.3 Å². The summed E-state index contributed by atoms with van der Waals surface area (Å²) in [5.41, 5.74) is 3.37. The summed E-state index contributed by atoms with van der Waals surface area (Å²) in [5.74, 6) is 1.12. The lowest BCUT2D eigenvalue weighted by Crippen LogP contribution is -2.54. The Labute approximate surface area is 122 Å². The number of benzene rings is 1. The fourth-order valence-corrected chi connectivity index (χ4v) is 2.38. The Balaban J connectivity index is 1.58. The molecule has 112 valence electrons. The van der Waals surface area contributed by atoms with Gasteiger partial charge in [-0.2, -0.15) is 0 Å². The van der Waals surface area contributed by atoms with Crippen molar-refractivity contribution in [1.29, 1.82) is 0 Å². The van der Waals surface area contributed by atoms with E-state index in [0.717, 1.165) is 0 Å². The molecule has 1 N–H and O–H groups in total. The number of nitrogens with zero attached hydrogens (tertiary/aromatic N) is 2. The zero-order chi connectivity index (χ0) is 14.8. The van der Waals surface area contributed by atoms with Crippen LogP contribution in [0, 0.1) is 0 Å². The molecule has 0 radical (unpaired) electrons. The molecule has 0 atom stereocenters. The number of hydrogen-bond donors (Lipinski definition) is 1. The second-order valence-electron chi connectivity index (χ2n) is 5.00. The zero-order valence-electron chi connectivity index (χ0n) is 11.8. The number of nitrogens with one attached hydrogen (secondary N) is 1. The second kappa shape index (κ2) is 5.61. The number of hydrogen-bond acceptors (Lipinski definition) is 5. The number of carbonyl (C=O) groups is 2. The maximum Gasteiger partial charge on any atom is 0.265 e. The first kappa shape index (κ1) is 13.7. The zero-order valence-corrected chi connectivity index (χ0v) is 11.8. The summed E-state index contributed by atoms with van der Waals surface area (Å²) < 4.78 is 10.5. The van der Waals surface area contributed by atoms with Crippen LogP contribution < -0.4 is 14.9 Å². The molecule has 0 unspecified atom stereocenters. The van der Waals surface area contributed by atoms with E-state index in [1.807, 2.05) is 5.01 Å². The van der Waals surface area contributed by atoms with Crippen LogP contribution in [0.5, 0.6) is 11.5 Å². The molecule has 1 aromatic rings.